The number of hydrogen-bond donors (Lipinski definition) is 1. The number of carbonyl (C=O) groups is 1. The Morgan fingerprint density at radius 3 is 2.46 bits per heavy atom. The molecule has 0 spiro atoms. The number of nitrogens with one attached hydrogen (secondary N) is 1. The molecule has 1 aliphatic rings. The molecule has 3 rings (SSSR count). The van der Waals surface area contributed by atoms with Crippen LogP contribution >= 0.6 is 0 Å². The van der Waals surface area contributed by atoms with E-state index in [1.54, 1.807) is 6.07 Å². The summed E-state index contributed by atoms with van der Waals surface area (Å²) in [6.45, 7) is 6.14. The molecule has 1 saturated heterocycles. The van der Waals surface area contributed by atoms with Crippen LogP contribution in [0.1, 0.15) is 11.1 Å². The highest BCUT2D eigenvalue weighted by Gasteiger charge is 2.20. The molecule has 1 heterocycles. The number of benzene rings is 2. The fraction of sp³-hybridized carbons (Fsp3) is 0.381. The van der Waals surface area contributed by atoms with E-state index in [0.29, 0.717) is 18.8 Å². The molecular weight excluding hydrogens is 329 g/mol. The third kappa shape index (κ3) is 4.82. The van der Waals surface area contributed by atoms with Gasteiger partial charge in [-0.05, 0) is 36.6 Å². The van der Waals surface area contributed by atoms with Crippen molar-refractivity contribution < 1.29 is 9.18 Å². The van der Waals surface area contributed by atoms with Crippen LogP contribution in [0, 0.1) is 12.7 Å². The van der Waals surface area contributed by atoms with Crippen LogP contribution in [0.4, 0.5) is 10.1 Å². The van der Waals surface area contributed by atoms with Crippen LogP contribution in [-0.2, 0) is 11.2 Å². The summed E-state index contributed by atoms with van der Waals surface area (Å²) >= 11 is 0. The first-order valence-electron chi connectivity index (χ1n) is 9.16. The van der Waals surface area contributed by atoms with Crippen molar-refractivity contribution in [1.29, 1.82) is 0 Å². The third-order valence-electron chi connectivity index (χ3n) is 4.91. The molecule has 0 atom stereocenters. The molecule has 0 aliphatic carbocycles. The Kier molecular flexibility index (Phi) is 6.23. The standard InChI is InChI=1S/C21H26FN3O/c1-17-6-2-3-7-18(17)10-11-23-21(26)16-24-12-14-25(15-13-24)20-9-5-4-8-19(20)22/h2-9H,10-16H2,1H3,(H,23,26). The van der Waals surface area contributed by atoms with Gasteiger partial charge in [0, 0.05) is 32.7 Å². The number of piperazine rings is 1. The second kappa shape index (κ2) is 8.81. The number of aryl methyl sites for hydroxylation is 1. The first-order valence-corrected chi connectivity index (χ1v) is 9.16. The summed E-state index contributed by atoms with van der Waals surface area (Å²) in [5.41, 5.74) is 3.17. The van der Waals surface area contributed by atoms with Crippen molar-refractivity contribution in [3.05, 3.63) is 65.5 Å². The molecule has 4 nitrogen and oxygen atoms in total. The minimum atomic E-state index is -0.185. The summed E-state index contributed by atoms with van der Waals surface area (Å²) < 4.78 is 13.9. The molecular formula is C21H26FN3O. The van der Waals surface area contributed by atoms with E-state index in [1.807, 2.05) is 29.2 Å². The maximum Gasteiger partial charge on any atom is 0.234 e. The van der Waals surface area contributed by atoms with Crippen LogP contribution in [0.2, 0.25) is 0 Å². The number of rotatable bonds is 6. The van der Waals surface area contributed by atoms with Gasteiger partial charge in [-0.15, -0.1) is 0 Å². The monoisotopic (exact) mass is 355 g/mol. The van der Waals surface area contributed by atoms with Gasteiger partial charge in [-0.3, -0.25) is 9.69 Å². The van der Waals surface area contributed by atoms with Crippen LogP contribution in [-0.4, -0.2) is 50.1 Å². The smallest absolute Gasteiger partial charge is 0.234 e. The molecule has 26 heavy (non-hydrogen) atoms. The summed E-state index contributed by atoms with van der Waals surface area (Å²) in [5.74, 6) is -0.132. The van der Waals surface area contributed by atoms with E-state index in [-0.39, 0.29) is 11.7 Å². The first-order chi connectivity index (χ1) is 12.6. The van der Waals surface area contributed by atoms with Crippen molar-refractivity contribution >= 4 is 11.6 Å². The molecule has 0 saturated carbocycles. The van der Waals surface area contributed by atoms with Crippen molar-refractivity contribution in [2.45, 2.75) is 13.3 Å². The molecule has 0 radical (unpaired) electrons. The molecule has 2 aromatic carbocycles. The fourth-order valence-corrected chi connectivity index (χ4v) is 3.34. The normalized spacial score (nSPS) is 15.1. The Labute approximate surface area is 154 Å². The number of para-hydroxylation sites is 1. The van der Waals surface area contributed by atoms with E-state index in [0.717, 1.165) is 32.6 Å². The van der Waals surface area contributed by atoms with Crippen LogP contribution < -0.4 is 10.2 Å². The quantitative estimate of drug-likeness (QED) is 0.865. The summed E-state index contributed by atoms with van der Waals surface area (Å²) in [7, 11) is 0. The topological polar surface area (TPSA) is 35.6 Å². The lowest BCUT2D eigenvalue weighted by atomic mass is 10.1. The maximum absolute atomic E-state index is 13.9. The Bertz CT molecular complexity index is 742. The van der Waals surface area contributed by atoms with Crippen molar-refractivity contribution in [2.24, 2.45) is 0 Å². The summed E-state index contributed by atoms with van der Waals surface area (Å²) in [5, 5.41) is 3.00. The molecule has 0 bridgehead atoms. The highest BCUT2D eigenvalue weighted by molar-refractivity contribution is 5.78. The van der Waals surface area contributed by atoms with Gasteiger partial charge in [0.1, 0.15) is 5.82 Å². The maximum atomic E-state index is 13.9. The number of anilines is 1. The summed E-state index contributed by atoms with van der Waals surface area (Å²) in [4.78, 5) is 16.3. The van der Waals surface area contributed by atoms with Gasteiger partial charge < -0.3 is 10.2 Å². The van der Waals surface area contributed by atoms with Crippen molar-refractivity contribution in [2.75, 3.05) is 44.2 Å². The lowest BCUT2D eigenvalue weighted by Crippen LogP contribution is -2.49. The van der Waals surface area contributed by atoms with Crippen molar-refractivity contribution in [3.8, 4) is 0 Å². The molecule has 2 aromatic rings. The molecule has 138 valence electrons. The van der Waals surface area contributed by atoms with Crippen LogP contribution in [0.15, 0.2) is 48.5 Å². The zero-order valence-electron chi connectivity index (χ0n) is 15.2. The Balaban J connectivity index is 1.39. The Morgan fingerprint density at radius 2 is 1.73 bits per heavy atom. The van der Waals surface area contributed by atoms with Gasteiger partial charge in [-0.2, -0.15) is 0 Å². The van der Waals surface area contributed by atoms with E-state index < -0.39 is 0 Å². The van der Waals surface area contributed by atoms with Gasteiger partial charge in [0.2, 0.25) is 5.91 Å². The van der Waals surface area contributed by atoms with Crippen molar-refractivity contribution in [3.63, 3.8) is 0 Å². The predicted octanol–water partition coefficient (Wildman–Crippen LogP) is 2.62. The number of carbonyl (C=O) groups excluding carboxylic acids is 1. The third-order valence-corrected chi connectivity index (χ3v) is 4.91. The van der Waals surface area contributed by atoms with E-state index in [1.165, 1.54) is 17.2 Å². The Hall–Kier alpha value is -2.40. The SMILES string of the molecule is Cc1ccccc1CCNC(=O)CN1CCN(c2ccccc2F)CC1. The van der Waals surface area contributed by atoms with Crippen LogP contribution in [0.3, 0.4) is 0 Å². The molecule has 1 N–H and O–H groups in total. The van der Waals surface area contributed by atoms with E-state index in [4.69, 9.17) is 0 Å². The number of halogens is 1. The zero-order valence-corrected chi connectivity index (χ0v) is 15.2. The fourth-order valence-electron chi connectivity index (χ4n) is 3.34. The largest absolute Gasteiger partial charge is 0.367 e. The van der Waals surface area contributed by atoms with E-state index >= 15 is 0 Å². The zero-order chi connectivity index (χ0) is 18.4. The molecule has 1 amide bonds. The lowest BCUT2D eigenvalue weighted by Gasteiger charge is -2.35. The average Bonchev–Trinajstić information content (AvgIpc) is 2.64. The highest BCUT2D eigenvalue weighted by Crippen LogP contribution is 2.19. The second-order valence-electron chi connectivity index (χ2n) is 6.74. The minimum absolute atomic E-state index is 0.0536. The summed E-state index contributed by atoms with van der Waals surface area (Å²) in [6.07, 6.45) is 0.847. The second-order valence-corrected chi connectivity index (χ2v) is 6.74. The number of nitrogens with zero attached hydrogens (tertiary/aromatic N) is 2. The van der Waals surface area contributed by atoms with E-state index in [2.05, 4.69) is 29.3 Å². The molecule has 0 aromatic heterocycles. The molecule has 1 aliphatic heterocycles. The number of amides is 1. The first kappa shape index (κ1) is 18.4. The molecule has 5 heteroatoms. The van der Waals surface area contributed by atoms with Gasteiger partial charge in [-0.1, -0.05) is 36.4 Å². The highest BCUT2D eigenvalue weighted by atomic mass is 19.1. The van der Waals surface area contributed by atoms with E-state index in [9.17, 15) is 9.18 Å². The molecule has 0 unspecified atom stereocenters. The van der Waals surface area contributed by atoms with Crippen LogP contribution in [0.5, 0.6) is 0 Å². The Morgan fingerprint density at radius 1 is 1.04 bits per heavy atom. The average molecular weight is 355 g/mol. The van der Waals surface area contributed by atoms with Gasteiger partial charge in [0.25, 0.3) is 0 Å². The van der Waals surface area contributed by atoms with Crippen LogP contribution in [0.25, 0.3) is 0 Å². The van der Waals surface area contributed by atoms with Gasteiger partial charge in [0.15, 0.2) is 0 Å². The van der Waals surface area contributed by atoms with Gasteiger partial charge in [-0.25, -0.2) is 4.39 Å². The predicted molar refractivity (Wildman–Crippen MR) is 103 cm³/mol. The number of hydrogen-bond acceptors (Lipinski definition) is 3. The van der Waals surface area contributed by atoms with Gasteiger partial charge >= 0.3 is 0 Å². The van der Waals surface area contributed by atoms with Gasteiger partial charge in [0.05, 0.1) is 12.2 Å². The summed E-state index contributed by atoms with van der Waals surface area (Å²) in [6, 6.07) is 15.1. The lowest BCUT2D eigenvalue weighted by molar-refractivity contribution is -0.122. The molecule has 1 fully saturated rings. The van der Waals surface area contributed by atoms with Crippen molar-refractivity contribution in [1.82, 2.24) is 10.2 Å². The minimum Gasteiger partial charge on any atom is -0.367 e.